The lowest BCUT2D eigenvalue weighted by Crippen LogP contribution is -2.12. The number of fused-ring (bicyclic) bond motifs is 1. The summed E-state index contributed by atoms with van der Waals surface area (Å²) in [6.45, 7) is 0. The molecular weight excluding hydrogens is 390 g/mol. The van der Waals surface area contributed by atoms with E-state index in [1.54, 1.807) is 42.6 Å². The fourth-order valence-corrected chi connectivity index (χ4v) is 3.73. The monoisotopic (exact) mass is 407 g/mol. The highest BCUT2D eigenvalue weighted by Gasteiger charge is 2.14. The number of nitrogens with zero attached hydrogens (tertiary/aromatic N) is 2. The molecule has 4 aromatic rings. The zero-order valence-electron chi connectivity index (χ0n) is 15.4. The Hall–Kier alpha value is -3.65. The second-order valence-corrected chi connectivity index (χ2v) is 7.79. The van der Waals surface area contributed by atoms with Gasteiger partial charge in [0.25, 0.3) is 10.0 Å². The lowest BCUT2D eigenvalue weighted by Gasteiger charge is -2.10. The molecular formula is C21H17N3O4S. The lowest BCUT2D eigenvalue weighted by molar-refractivity contribution is 0.414. The number of aromatic nitrogens is 2. The number of nitrogens with one attached hydrogen (secondary N) is 1. The van der Waals surface area contributed by atoms with Crippen molar-refractivity contribution >= 4 is 26.7 Å². The summed E-state index contributed by atoms with van der Waals surface area (Å²) in [6, 6.07) is 20.2. The van der Waals surface area contributed by atoms with E-state index in [0.29, 0.717) is 23.1 Å². The largest absolute Gasteiger partial charge is 0.497 e. The van der Waals surface area contributed by atoms with E-state index in [1.165, 1.54) is 19.2 Å². The van der Waals surface area contributed by atoms with Crippen LogP contribution in [0.4, 0.5) is 5.69 Å². The Kier molecular flexibility index (Phi) is 5.01. The van der Waals surface area contributed by atoms with Crippen molar-refractivity contribution in [2.45, 2.75) is 4.90 Å². The van der Waals surface area contributed by atoms with Gasteiger partial charge in [0.15, 0.2) is 0 Å². The highest BCUT2D eigenvalue weighted by molar-refractivity contribution is 7.92. The Morgan fingerprint density at radius 3 is 2.17 bits per heavy atom. The molecule has 8 heteroatoms. The second-order valence-electron chi connectivity index (χ2n) is 6.10. The molecule has 0 radical (unpaired) electrons. The third-order valence-corrected chi connectivity index (χ3v) is 5.52. The van der Waals surface area contributed by atoms with Crippen molar-refractivity contribution in [2.75, 3.05) is 11.8 Å². The zero-order valence-corrected chi connectivity index (χ0v) is 16.3. The normalized spacial score (nSPS) is 11.2. The van der Waals surface area contributed by atoms with Crippen LogP contribution in [-0.4, -0.2) is 25.5 Å². The van der Waals surface area contributed by atoms with Gasteiger partial charge in [-0.3, -0.25) is 4.72 Å². The Labute approximate surface area is 168 Å². The van der Waals surface area contributed by atoms with Gasteiger partial charge in [-0.1, -0.05) is 12.1 Å². The molecule has 4 rings (SSSR count). The quantitative estimate of drug-likeness (QED) is 0.514. The molecule has 0 saturated carbocycles. The molecule has 0 fully saturated rings. The number of methoxy groups -OCH3 is 1. The van der Waals surface area contributed by atoms with Crippen molar-refractivity contribution in [2.24, 2.45) is 0 Å². The van der Waals surface area contributed by atoms with Gasteiger partial charge in [0, 0.05) is 5.69 Å². The number of rotatable bonds is 6. The lowest BCUT2D eigenvalue weighted by atomic mass is 10.3. The number of hydrogen-bond donors (Lipinski definition) is 1. The van der Waals surface area contributed by atoms with Crippen molar-refractivity contribution < 1.29 is 17.9 Å². The maximum Gasteiger partial charge on any atom is 0.261 e. The molecule has 0 saturated heterocycles. The summed E-state index contributed by atoms with van der Waals surface area (Å²) in [6.07, 6.45) is 1.54. The van der Waals surface area contributed by atoms with Gasteiger partial charge in [0.1, 0.15) is 11.5 Å². The molecule has 1 heterocycles. The first-order chi connectivity index (χ1) is 14.0. The van der Waals surface area contributed by atoms with Crippen molar-refractivity contribution in [1.82, 2.24) is 9.97 Å². The zero-order chi connectivity index (χ0) is 20.3. The van der Waals surface area contributed by atoms with E-state index in [0.717, 1.165) is 11.0 Å². The summed E-state index contributed by atoms with van der Waals surface area (Å²) in [5.74, 6) is 1.46. The highest BCUT2D eigenvalue weighted by Crippen LogP contribution is 2.24. The third kappa shape index (κ3) is 4.27. The van der Waals surface area contributed by atoms with Gasteiger partial charge < -0.3 is 9.47 Å². The topological polar surface area (TPSA) is 90.4 Å². The van der Waals surface area contributed by atoms with Gasteiger partial charge in [0.2, 0.25) is 5.88 Å². The van der Waals surface area contributed by atoms with Crippen molar-refractivity contribution in [3.05, 3.63) is 79.0 Å². The molecule has 1 aromatic heterocycles. The Balaban J connectivity index is 1.48. The fourth-order valence-electron chi connectivity index (χ4n) is 2.67. The Morgan fingerprint density at radius 2 is 1.48 bits per heavy atom. The van der Waals surface area contributed by atoms with Crippen molar-refractivity contribution in [3.8, 4) is 17.4 Å². The predicted molar refractivity (Wildman–Crippen MR) is 110 cm³/mol. The average molecular weight is 407 g/mol. The number of anilines is 1. The summed E-state index contributed by atoms with van der Waals surface area (Å²) in [5.41, 5.74) is 1.93. The smallest absolute Gasteiger partial charge is 0.261 e. The van der Waals surface area contributed by atoms with Crippen LogP contribution in [0.3, 0.4) is 0 Å². The van der Waals surface area contributed by atoms with Gasteiger partial charge in [-0.15, -0.1) is 0 Å². The molecule has 7 nitrogen and oxygen atoms in total. The van der Waals surface area contributed by atoms with Crippen LogP contribution in [0.2, 0.25) is 0 Å². The molecule has 0 unspecified atom stereocenters. The number of sulfonamides is 1. The first-order valence-electron chi connectivity index (χ1n) is 8.70. The van der Waals surface area contributed by atoms with Crippen molar-refractivity contribution in [3.63, 3.8) is 0 Å². The molecule has 0 aliphatic carbocycles. The molecule has 0 aliphatic rings. The summed E-state index contributed by atoms with van der Waals surface area (Å²) in [4.78, 5) is 8.84. The van der Waals surface area contributed by atoms with Gasteiger partial charge in [0.05, 0.1) is 29.2 Å². The van der Waals surface area contributed by atoms with E-state index in [9.17, 15) is 8.42 Å². The van der Waals surface area contributed by atoms with Crippen LogP contribution in [0, 0.1) is 0 Å². The molecule has 146 valence electrons. The summed E-state index contributed by atoms with van der Waals surface area (Å²) < 4.78 is 38.3. The van der Waals surface area contributed by atoms with Crippen LogP contribution < -0.4 is 14.2 Å². The molecule has 1 N–H and O–H groups in total. The first-order valence-corrected chi connectivity index (χ1v) is 10.2. The number of hydrogen-bond acceptors (Lipinski definition) is 6. The first kappa shape index (κ1) is 18.7. The summed E-state index contributed by atoms with van der Waals surface area (Å²) in [7, 11) is -2.18. The molecule has 0 aliphatic heterocycles. The third-order valence-electron chi connectivity index (χ3n) is 4.13. The van der Waals surface area contributed by atoms with Crippen LogP contribution in [0.1, 0.15) is 0 Å². The summed E-state index contributed by atoms with van der Waals surface area (Å²) in [5, 5.41) is 0. The minimum atomic E-state index is -3.70. The Morgan fingerprint density at radius 1 is 0.828 bits per heavy atom. The standard InChI is InChI=1S/C21H17N3O4S/c1-27-16-10-12-18(13-11-16)29(25,26)24-15-6-8-17(9-7-15)28-21-14-22-19-4-2-3-5-20(19)23-21/h2-14,24H,1H3. The molecule has 29 heavy (non-hydrogen) atoms. The van der Waals surface area contributed by atoms with Gasteiger partial charge in [-0.2, -0.15) is 0 Å². The van der Waals surface area contributed by atoms with E-state index >= 15 is 0 Å². The van der Waals surface area contributed by atoms with E-state index in [2.05, 4.69) is 14.7 Å². The molecule has 0 spiro atoms. The van der Waals surface area contributed by atoms with Crippen molar-refractivity contribution in [1.29, 1.82) is 0 Å². The molecule has 0 atom stereocenters. The van der Waals surface area contributed by atoms with Crippen LogP contribution in [0.15, 0.2) is 83.9 Å². The van der Waals surface area contributed by atoms with E-state index in [-0.39, 0.29) is 4.90 Å². The van der Waals surface area contributed by atoms with E-state index in [1.807, 2.05) is 24.3 Å². The number of para-hydroxylation sites is 2. The summed E-state index contributed by atoms with van der Waals surface area (Å²) >= 11 is 0. The van der Waals surface area contributed by atoms with Gasteiger partial charge in [-0.25, -0.2) is 18.4 Å². The van der Waals surface area contributed by atoms with Gasteiger partial charge in [-0.05, 0) is 60.7 Å². The minimum absolute atomic E-state index is 0.144. The van der Waals surface area contributed by atoms with Gasteiger partial charge >= 0.3 is 0 Å². The molecule has 0 bridgehead atoms. The minimum Gasteiger partial charge on any atom is -0.497 e. The SMILES string of the molecule is COc1ccc(S(=O)(=O)Nc2ccc(Oc3cnc4ccccc4n3)cc2)cc1. The molecule has 0 amide bonds. The average Bonchev–Trinajstić information content (AvgIpc) is 2.75. The van der Waals surface area contributed by atoms with Crippen LogP contribution in [0.5, 0.6) is 17.4 Å². The van der Waals surface area contributed by atoms with E-state index < -0.39 is 10.0 Å². The van der Waals surface area contributed by atoms with Crippen LogP contribution >= 0.6 is 0 Å². The number of ether oxygens (including phenoxy) is 2. The van der Waals surface area contributed by atoms with Crippen LogP contribution in [0.25, 0.3) is 11.0 Å². The molecule has 3 aromatic carbocycles. The maximum absolute atomic E-state index is 12.5. The van der Waals surface area contributed by atoms with Crippen LogP contribution in [-0.2, 0) is 10.0 Å². The van der Waals surface area contributed by atoms with E-state index in [4.69, 9.17) is 9.47 Å². The highest BCUT2D eigenvalue weighted by atomic mass is 32.2. The predicted octanol–water partition coefficient (Wildman–Crippen LogP) is 4.23. The fraction of sp³-hybridized carbons (Fsp3) is 0.0476. The Bertz CT molecular complexity index is 1240. The maximum atomic E-state index is 12.5. The second kappa shape index (κ2) is 7.76. The number of benzene rings is 3.